The number of benzene rings is 1. The molecular formula is C24H35N7O3. The van der Waals surface area contributed by atoms with Gasteiger partial charge < -0.3 is 30.6 Å². The Kier molecular flexibility index (Phi) is 8.02. The van der Waals surface area contributed by atoms with Crippen LogP contribution >= 0.6 is 0 Å². The predicted octanol–water partition coefficient (Wildman–Crippen LogP) is 2.95. The highest BCUT2D eigenvalue weighted by Gasteiger charge is 2.20. The molecule has 0 bridgehead atoms. The number of rotatable bonds is 11. The van der Waals surface area contributed by atoms with E-state index in [2.05, 4.69) is 50.8 Å². The molecular weight excluding hydrogens is 434 g/mol. The Morgan fingerprint density at radius 3 is 2.74 bits per heavy atom. The van der Waals surface area contributed by atoms with Crippen LogP contribution in [0.2, 0.25) is 0 Å². The molecule has 0 saturated carbocycles. The van der Waals surface area contributed by atoms with Crippen LogP contribution in [-0.4, -0.2) is 59.8 Å². The molecule has 4 N–H and O–H groups in total. The molecule has 4 rings (SSSR count). The SMILES string of the molecule is CCCCNc1nc(N)nc2c(OC)nn(Cc3ccc(CNC4CCOCC4)cc3OC)c12. The summed E-state index contributed by atoms with van der Waals surface area (Å²) >= 11 is 0. The summed E-state index contributed by atoms with van der Waals surface area (Å²) in [6.45, 7) is 5.85. The molecule has 2 aromatic heterocycles. The van der Waals surface area contributed by atoms with E-state index in [0.717, 1.165) is 68.8 Å². The van der Waals surface area contributed by atoms with E-state index in [9.17, 15) is 0 Å². The summed E-state index contributed by atoms with van der Waals surface area (Å²) < 4.78 is 18.5. The highest BCUT2D eigenvalue weighted by Crippen LogP contribution is 2.31. The monoisotopic (exact) mass is 469 g/mol. The predicted molar refractivity (Wildman–Crippen MR) is 132 cm³/mol. The molecule has 0 spiro atoms. The van der Waals surface area contributed by atoms with Crippen molar-refractivity contribution < 1.29 is 14.2 Å². The van der Waals surface area contributed by atoms with Crippen molar-refractivity contribution in [2.75, 3.05) is 45.0 Å². The number of hydrogen-bond acceptors (Lipinski definition) is 9. The molecule has 34 heavy (non-hydrogen) atoms. The average molecular weight is 470 g/mol. The van der Waals surface area contributed by atoms with Gasteiger partial charge in [-0.2, -0.15) is 4.98 Å². The number of aromatic nitrogens is 4. The highest BCUT2D eigenvalue weighted by molar-refractivity contribution is 5.90. The fourth-order valence-electron chi connectivity index (χ4n) is 4.19. The van der Waals surface area contributed by atoms with Crippen LogP contribution in [0.5, 0.6) is 11.6 Å². The zero-order valence-electron chi connectivity index (χ0n) is 20.3. The molecule has 0 aliphatic carbocycles. The minimum absolute atomic E-state index is 0.184. The smallest absolute Gasteiger partial charge is 0.259 e. The van der Waals surface area contributed by atoms with Crippen LogP contribution in [0.25, 0.3) is 11.0 Å². The number of unbranched alkanes of at least 4 members (excludes halogenated alkanes) is 1. The van der Waals surface area contributed by atoms with Gasteiger partial charge in [-0.3, -0.25) is 4.68 Å². The Balaban J connectivity index is 1.59. The minimum atomic E-state index is 0.184. The van der Waals surface area contributed by atoms with Crippen LogP contribution in [-0.2, 0) is 17.8 Å². The van der Waals surface area contributed by atoms with E-state index < -0.39 is 0 Å². The largest absolute Gasteiger partial charge is 0.496 e. The number of methoxy groups -OCH3 is 2. The second kappa shape index (κ2) is 11.3. The first-order valence-corrected chi connectivity index (χ1v) is 11.9. The first-order valence-electron chi connectivity index (χ1n) is 11.9. The van der Waals surface area contributed by atoms with Crippen LogP contribution in [0.4, 0.5) is 11.8 Å². The molecule has 3 aromatic rings. The molecule has 1 aliphatic rings. The number of ether oxygens (including phenoxy) is 3. The van der Waals surface area contributed by atoms with Gasteiger partial charge in [0.05, 0.1) is 20.8 Å². The van der Waals surface area contributed by atoms with Crippen molar-refractivity contribution in [3.05, 3.63) is 29.3 Å². The summed E-state index contributed by atoms with van der Waals surface area (Å²) in [4.78, 5) is 8.83. The quantitative estimate of drug-likeness (QED) is 0.364. The molecule has 10 heteroatoms. The van der Waals surface area contributed by atoms with Gasteiger partial charge in [-0.1, -0.05) is 25.5 Å². The van der Waals surface area contributed by atoms with Crippen molar-refractivity contribution in [3.63, 3.8) is 0 Å². The first kappa shape index (κ1) is 24.0. The maximum atomic E-state index is 5.97. The van der Waals surface area contributed by atoms with Gasteiger partial charge in [0.15, 0.2) is 11.3 Å². The molecule has 0 amide bonds. The zero-order valence-corrected chi connectivity index (χ0v) is 20.3. The van der Waals surface area contributed by atoms with E-state index in [1.165, 1.54) is 5.56 Å². The lowest BCUT2D eigenvalue weighted by Gasteiger charge is -2.23. The number of hydrogen-bond donors (Lipinski definition) is 3. The van der Waals surface area contributed by atoms with Gasteiger partial charge in [0.2, 0.25) is 5.95 Å². The third-order valence-corrected chi connectivity index (χ3v) is 6.08. The van der Waals surface area contributed by atoms with Crippen molar-refractivity contribution in [3.8, 4) is 11.6 Å². The van der Waals surface area contributed by atoms with Crippen molar-refractivity contribution in [2.24, 2.45) is 0 Å². The third-order valence-electron chi connectivity index (χ3n) is 6.08. The van der Waals surface area contributed by atoms with E-state index in [-0.39, 0.29) is 5.95 Å². The Hall–Kier alpha value is -3.11. The average Bonchev–Trinajstić information content (AvgIpc) is 3.21. The van der Waals surface area contributed by atoms with Crippen LogP contribution in [0, 0.1) is 0 Å². The van der Waals surface area contributed by atoms with Crippen molar-refractivity contribution >= 4 is 22.8 Å². The number of nitrogens with one attached hydrogen (secondary N) is 2. The molecule has 0 radical (unpaired) electrons. The Morgan fingerprint density at radius 1 is 1.18 bits per heavy atom. The molecule has 3 heterocycles. The summed E-state index contributed by atoms with van der Waals surface area (Å²) in [5.41, 5.74) is 9.49. The molecule has 1 aromatic carbocycles. The van der Waals surface area contributed by atoms with E-state index in [0.29, 0.717) is 29.8 Å². The first-order chi connectivity index (χ1) is 16.6. The van der Waals surface area contributed by atoms with Gasteiger partial charge in [0, 0.05) is 37.9 Å². The van der Waals surface area contributed by atoms with Crippen LogP contribution < -0.4 is 25.8 Å². The zero-order chi connectivity index (χ0) is 23.9. The Bertz CT molecular complexity index is 1100. The molecule has 10 nitrogen and oxygen atoms in total. The van der Waals surface area contributed by atoms with Gasteiger partial charge in [-0.05, 0) is 30.9 Å². The van der Waals surface area contributed by atoms with Crippen LogP contribution in [0.15, 0.2) is 18.2 Å². The molecule has 0 unspecified atom stereocenters. The normalized spacial score (nSPS) is 14.4. The number of nitrogen functional groups attached to an aromatic ring is 1. The fourth-order valence-corrected chi connectivity index (χ4v) is 4.19. The van der Waals surface area contributed by atoms with E-state index in [1.807, 2.05) is 4.68 Å². The lowest BCUT2D eigenvalue weighted by Crippen LogP contribution is -2.34. The lowest BCUT2D eigenvalue weighted by atomic mass is 10.1. The second-order valence-corrected chi connectivity index (χ2v) is 8.49. The maximum Gasteiger partial charge on any atom is 0.259 e. The van der Waals surface area contributed by atoms with E-state index in [4.69, 9.17) is 19.9 Å². The summed E-state index contributed by atoms with van der Waals surface area (Å²) in [6.07, 6.45) is 4.19. The third kappa shape index (κ3) is 5.51. The van der Waals surface area contributed by atoms with Crippen LogP contribution in [0.1, 0.15) is 43.7 Å². The molecule has 1 fully saturated rings. The second-order valence-electron chi connectivity index (χ2n) is 8.49. The van der Waals surface area contributed by atoms with Gasteiger partial charge in [0.25, 0.3) is 5.88 Å². The maximum absolute atomic E-state index is 5.97. The Morgan fingerprint density at radius 2 is 2.00 bits per heavy atom. The van der Waals surface area contributed by atoms with Gasteiger partial charge in [-0.15, -0.1) is 5.10 Å². The molecule has 1 saturated heterocycles. The number of nitrogens with zero attached hydrogens (tertiary/aromatic N) is 4. The van der Waals surface area contributed by atoms with Crippen LogP contribution in [0.3, 0.4) is 0 Å². The topological polar surface area (TPSA) is 121 Å². The molecule has 0 atom stereocenters. The van der Waals surface area contributed by atoms with Gasteiger partial charge >= 0.3 is 0 Å². The van der Waals surface area contributed by atoms with Gasteiger partial charge in [0.1, 0.15) is 11.3 Å². The standard InChI is InChI=1S/C24H35N7O3/c1-4-5-10-26-22-21-20(28-24(25)29-22)23(33-3)30-31(21)15-17-7-6-16(13-19(17)32-2)14-27-18-8-11-34-12-9-18/h6-7,13,18,27H,4-5,8-12,14-15H2,1-3H3,(H3,25,26,28,29). The highest BCUT2D eigenvalue weighted by atomic mass is 16.5. The lowest BCUT2D eigenvalue weighted by molar-refractivity contribution is 0.0776. The van der Waals surface area contributed by atoms with E-state index in [1.54, 1.807) is 14.2 Å². The minimum Gasteiger partial charge on any atom is -0.496 e. The summed E-state index contributed by atoms with van der Waals surface area (Å²) in [5, 5.41) is 11.7. The van der Waals surface area contributed by atoms with Crippen molar-refractivity contribution in [1.29, 1.82) is 0 Å². The number of fused-ring (bicyclic) bond motifs is 1. The van der Waals surface area contributed by atoms with E-state index >= 15 is 0 Å². The van der Waals surface area contributed by atoms with Crippen molar-refractivity contribution in [2.45, 2.75) is 51.7 Å². The van der Waals surface area contributed by atoms with Crippen molar-refractivity contribution in [1.82, 2.24) is 25.1 Å². The fraction of sp³-hybridized carbons (Fsp3) is 0.542. The number of anilines is 2. The molecule has 1 aliphatic heterocycles. The summed E-state index contributed by atoms with van der Waals surface area (Å²) in [7, 11) is 3.27. The van der Waals surface area contributed by atoms with Gasteiger partial charge in [-0.25, -0.2) is 4.98 Å². The molecule has 184 valence electrons. The number of nitrogens with two attached hydrogens (primary N) is 1. The Labute approximate surface area is 200 Å². The summed E-state index contributed by atoms with van der Waals surface area (Å²) in [5.74, 6) is 2.07. The summed E-state index contributed by atoms with van der Waals surface area (Å²) in [6, 6.07) is 6.79.